The summed E-state index contributed by atoms with van der Waals surface area (Å²) in [4.78, 5) is 23.9. The zero-order valence-electron chi connectivity index (χ0n) is 19.0. The van der Waals surface area contributed by atoms with Crippen molar-refractivity contribution in [1.29, 1.82) is 0 Å². The monoisotopic (exact) mass is 486 g/mol. The van der Waals surface area contributed by atoms with Crippen LogP contribution in [-0.2, 0) is 4.74 Å². The molecule has 2 N–H and O–H groups in total. The summed E-state index contributed by atoms with van der Waals surface area (Å²) < 4.78 is 17.4. The Labute approximate surface area is 202 Å². The van der Waals surface area contributed by atoms with Gasteiger partial charge in [0.2, 0.25) is 0 Å². The van der Waals surface area contributed by atoms with Crippen molar-refractivity contribution in [3.63, 3.8) is 0 Å². The molecule has 3 heterocycles. The van der Waals surface area contributed by atoms with Gasteiger partial charge in [0.1, 0.15) is 5.52 Å². The van der Waals surface area contributed by atoms with E-state index in [-0.39, 0.29) is 36.7 Å². The van der Waals surface area contributed by atoms with Crippen LogP contribution in [-0.4, -0.2) is 64.4 Å². The van der Waals surface area contributed by atoms with Crippen molar-refractivity contribution in [3.05, 3.63) is 46.7 Å². The highest BCUT2D eigenvalue weighted by atomic mass is 35.5. The van der Waals surface area contributed by atoms with Crippen LogP contribution in [0.25, 0.3) is 11.1 Å². The normalized spacial score (nSPS) is 21.1. The van der Waals surface area contributed by atoms with E-state index in [1.54, 1.807) is 35.4 Å². The van der Waals surface area contributed by atoms with Gasteiger partial charge < -0.3 is 29.2 Å². The van der Waals surface area contributed by atoms with Crippen LogP contribution >= 0.6 is 11.6 Å². The number of hydrogen-bond acceptors (Lipinski definition) is 8. The molecule has 0 radical (unpaired) electrons. The summed E-state index contributed by atoms with van der Waals surface area (Å²) >= 11 is 6.07. The quantitative estimate of drug-likeness (QED) is 0.494. The smallest absolute Gasteiger partial charge is 0.296 e. The van der Waals surface area contributed by atoms with Crippen molar-refractivity contribution in [2.45, 2.75) is 50.5 Å². The number of ether oxygens (including phenoxy) is 2. The maximum atomic E-state index is 13.4. The van der Waals surface area contributed by atoms with Crippen molar-refractivity contribution < 1.29 is 23.8 Å². The minimum absolute atomic E-state index is 0.0522. The molecule has 0 spiro atoms. The van der Waals surface area contributed by atoms with Gasteiger partial charge in [-0.2, -0.15) is 4.98 Å². The number of rotatable bonds is 8. The highest BCUT2D eigenvalue weighted by molar-refractivity contribution is 6.30. The average Bonchev–Trinajstić information content (AvgIpc) is 3.40. The first-order valence-electron chi connectivity index (χ1n) is 11.4. The van der Waals surface area contributed by atoms with Crippen LogP contribution in [0.2, 0.25) is 5.02 Å². The highest BCUT2D eigenvalue weighted by Crippen LogP contribution is 2.34. The number of aromatic nitrogens is 2. The lowest BCUT2D eigenvalue weighted by Gasteiger charge is -2.23. The molecule has 1 saturated carbocycles. The number of nitrogens with one attached hydrogen (secondary N) is 1. The summed E-state index contributed by atoms with van der Waals surface area (Å²) in [5, 5.41) is 13.6. The summed E-state index contributed by atoms with van der Waals surface area (Å²) in [6, 6.07) is 6.59. The van der Waals surface area contributed by atoms with E-state index in [0.29, 0.717) is 46.5 Å². The number of carbonyl (C=O) groups excluding carboxylic acids is 1. The van der Waals surface area contributed by atoms with E-state index in [2.05, 4.69) is 15.3 Å². The Morgan fingerprint density at radius 1 is 1.35 bits per heavy atom. The van der Waals surface area contributed by atoms with Crippen LogP contribution in [0, 0.1) is 0 Å². The van der Waals surface area contributed by atoms with E-state index in [4.69, 9.17) is 25.5 Å². The molecule has 2 aromatic heterocycles. The van der Waals surface area contributed by atoms with Gasteiger partial charge in [-0.1, -0.05) is 11.6 Å². The summed E-state index contributed by atoms with van der Waals surface area (Å²) in [5.41, 5.74) is 2.08. The first-order valence-corrected chi connectivity index (χ1v) is 11.8. The van der Waals surface area contributed by atoms with Crippen LogP contribution in [0.3, 0.4) is 0 Å². The standard InChI is InChI=1S/C24H27ClN4O5/c1-13(19-9-15(25)5-6-26-19)27-24-28-20-7-14(8-21(32-2)22(20)34-24)23(31)29-11-18(10-16(29)12-30)33-17-3-4-17/h5-9,13,16-18,30H,3-4,10-12H2,1-2H3,(H,27,28)/t13?,16-,18+/m0/s1. The molecule has 34 heavy (non-hydrogen) atoms. The SMILES string of the molecule is COc1cc(C(=O)N2C[C@H](OC3CC3)C[C@H]2CO)cc2nc(NC(C)c3cc(Cl)ccn3)oc12. The van der Waals surface area contributed by atoms with E-state index in [9.17, 15) is 9.90 Å². The molecule has 1 aliphatic carbocycles. The van der Waals surface area contributed by atoms with Gasteiger partial charge >= 0.3 is 0 Å². The zero-order chi connectivity index (χ0) is 23.8. The number of anilines is 1. The molecule has 3 aromatic rings. The second-order valence-corrected chi connectivity index (χ2v) is 9.23. The molecule has 10 heteroatoms. The summed E-state index contributed by atoms with van der Waals surface area (Å²) in [5.74, 6) is 0.204. The van der Waals surface area contributed by atoms with E-state index in [1.165, 1.54) is 7.11 Å². The third-order valence-electron chi connectivity index (χ3n) is 6.21. The number of likely N-dealkylation sites (tertiary alicyclic amines) is 1. The number of halogens is 1. The van der Waals surface area contributed by atoms with Gasteiger partial charge in [-0.3, -0.25) is 9.78 Å². The van der Waals surface area contributed by atoms with Gasteiger partial charge in [0, 0.05) is 23.3 Å². The Hall–Kier alpha value is -2.88. The second kappa shape index (κ2) is 9.40. The van der Waals surface area contributed by atoms with Crippen LogP contribution in [0.1, 0.15) is 48.3 Å². The Morgan fingerprint density at radius 3 is 2.88 bits per heavy atom. The number of amides is 1. The molecule has 0 bridgehead atoms. The van der Waals surface area contributed by atoms with Crippen LogP contribution in [0.15, 0.2) is 34.9 Å². The lowest BCUT2D eigenvalue weighted by Crippen LogP contribution is -2.38. The Balaban J connectivity index is 1.38. The zero-order valence-corrected chi connectivity index (χ0v) is 19.8. The van der Waals surface area contributed by atoms with Crippen LogP contribution in [0.4, 0.5) is 6.01 Å². The summed E-state index contributed by atoms with van der Waals surface area (Å²) in [6.07, 6.45) is 4.64. The predicted molar refractivity (Wildman–Crippen MR) is 126 cm³/mol. The fraction of sp³-hybridized carbons (Fsp3) is 0.458. The van der Waals surface area contributed by atoms with E-state index in [0.717, 1.165) is 18.5 Å². The maximum Gasteiger partial charge on any atom is 0.296 e. The number of nitrogens with zero attached hydrogens (tertiary/aromatic N) is 3. The summed E-state index contributed by atoms with van der Waals surface area (Å²) in [7, 11) is 1.52. The Morgan fingerprint density at radius 2 is 2.18 bits per heavy atom. The molecule has 5 rings (SSSR count). The van der Waals surface area contributed by atoms with E-state index >= 15 is 0 Å². The van der Waals surface area contributed by atoms with Gasteiger partial charge in [0.05, 0.1) is 43.7 Å². The number of aliphatic hydroxyl groups excluding tert-OH is 1. The summed E-state index contributed by atoms with van der Waals surface area (Å²) in [6.45, 7) is 2.27. The second-order valence-electron chi connectivity index (χ2n) is 8.80. The van der Waals surface area contributed by atoms with Crippen molar-refractivity contribution in [2.24, 2.45) is 0 Å². The molecule has 2 aliphatic rings. The van der Waals surface area contributed by atoms with Crippen molar-refractivity contribution >= 4 is 34.6 Å². The lowest BCUT2D eigenvalue weighted by atomic mass is 10.1. The molecule has 9 nitrogen and oxygen atoms in total. The number of fused-ring (bicyclic) bond motifs is 1. The molecule has 1 amide bonds. The topological polar surface area (TPSA) is 110 Å². The van der Waals surface area contributed by atoms with Gasteiger partial charge in [-0.15, -0.1) is 0 Å². The number of aliphatic hydroxyl groups is 1. The molecule has 1 saturated heterocycles. The third-order valence-corrected chi connectivity index (χ3v) is 6.44. The fourth-order valence-corrected chi connectivity index (χ4v) is 4.46. The van der Waals surface area contributed by atoms with Crippen molar-refractivity contribution in [1.82, 2.24) is 14.9 Å². The highest BCUT2D eigenvalue weighted by Gasteiger charge is 2.39. The van der Waals surface area contributed by atoms with Crippen LogP contribution < -0.4 is 10.1 Å². The third kappa shape index (κ3) is 4.68. The Kier molecular flexibility index (Phi) is 6.33. The molecule has 2 fully saturated rings. The lowest BCUT2D eigenvalue weighted by molar-refractivity contribution is 0.0431. The van der Waals surface area contributed by atoms with Gasteiger partial charge in [0.15, 0.2) is 11.3 Å². The van der Waals surface area contributed by atoms with Crippen molar-refractivity contribution in [3.8, 4) is 5.75 Å². The Bertz CT molecular complexity index is 1200. The minimum Gasteiger partial charge on any atom is -0.493 e. The number of hydrogen-bond donors (Lipinski definition) is 2. The van der Waals surface area contributed by atoms with E-state index < -0.39 is 0 Å². The molecular weight excluding hydrogens is 460 g/mol. The first kappa shape index (κ1) is 22.9. The largest absolute Gasteiger partial charge is 0.493 e. The number of carbonyl (C=O) groups is 1. The number of pyridine rings is 1. The van der Waals surface area contributed by atoms with Gasteiger partial charge in [0.25, 0.3) is 11.9 Å². The molecule has 1 aliphatic heterocycles. The molecular formula is C24H27ClN4O5. The van der Waals surface area contributed by atoms with Crippen molar-refractivity contribution in [2.75, 3.05) is 25.6 Å². The number of methoxy groups -OCH3 is 1. The average molecular weight is 487 g/mol. The molecule has 180 valence electrons. The first-order chi connectivity index (χ1) is 16.4. The van der Waals surface area contributed by atoms with E-state index in [1.807, 2.05) is 6.92 Å². The molecule has 1 unspecified atom stereocenters. The molecule has 3 atom stereocenters. The molecule has 1 aromatic carbocycles. The van der Waals surface area contributed by atoms with Gasteiger partial charge in [-0.25, -0.2) is 0 Å². The minimum atomic E-state index is -0.279. The fourth-order valence-electron chi connectivity index (χ4n) is 4.29. The number of oxazole rings is 1. The number of benzene rings is 1. The predicted octanol–water partition coefficient (Wildman–Crippen LogP) is 3.81. The van der Waals surface area contributed by atoms with Gasteiger partial charge in [-0.05, 0) is 50.5 Å². The van der Waals surface area contributed by atoms with Crippen LogP contribution in [0.5, 0.6) is 5.75 Å². The maximum absolute atomic E-state index is 13.4.